The average Bonchev–Trinajstić information content (AvgIpc) is 2.94. The van der Waals surface area contributed by atoms with Crippen LogP contribution in [0.15, 0.2) is 22.7 Å². The highest BCUT2D eigenvalue weighted by molar-refractivity contribution is 9.10. The van der Waals surface area contributed by atoms with Gasteiger partial charge in [-0.05, 0) is 65.2 Å². The second kappa shape index (κ2) is 4.57. The lowest BCUT2D eigenvalue weighted by Gasteiger charge is -2.23. The van der Waals surface area contributed by atoms with Gasteiger partial charge in [0.25, 0.3) is 5.91 Å². The number of carbonyl (C=O) groups is 1. The SMILES string of the molecule is Nc1ccc(C(=O)NC2CC3CCC2C3)cc1Br. The molecular weight excluding hydrogens is 292 g/mol. The minimum atomic E-state index is 0.0215. The Morgan fingerprint density at radius 1 is 1.33 bits per heavy atom. The first-order chi connectivity index (χ1) is 8.63. The summed E-state index contributed by atoms with van der Waals surface area (Å²) in [6.07, 6.45) is 5.09. The van der Waals surface area contributed by atoms with Crippen molar-refractivity contribution >= 4 is 27.5 Å². The summed E-state index contributed by atoms with van der Waals surface area (Å²) in [7, 11) is 0. The lowest BCUT2D eigenvalue weighted by molar-refractivity contribution is 0.0923. The summed E-state index contributed by atoms with van der Waals surface area (Å²) in [5, 5.41) is 3.17. The molecule has 0 aromatic heterocycles. The maximum absolute atomic E-state index is 12.2. The van der Waals surface area contributed by atoms with E-state index in [0.717, 1.165) is 16.8 Å². The van der Waals surface area contributed by atoms with E-state index in [1.165, 1.54) is 19.3 Å². The van der Waals surface area contributed by atoms with Crippen LogP contribution in [0.4, 0.5) is 5.69 Å². The molecule has 0 radical (unpaired) electrons. The number of anilines is 1. The molecule has 0 spiro atoms. The van der Waals surface area contributed by atoms with Gasteiger partial charge in [-0.25, -0.2) is 0 Å². The largest absolute Gasteiger partial charge is 0.398 e. The predicted molar refractivity (Wildman–Crippen MR) is 75.3 cm³/mol. The summed E-state index contributed by atoms with van der Waals surface area (Å²) in [5.41, 5.74) is 7.06. The summed E-state index contributed by atoms with van der Waals surface area (Å²) in [4.78, 5) is 12.2. The molecular formula is C14H17BrN2O. The molecule has 4 heteroatoms. The van der Waals surface area contributed by atoms with E-state index >= 15 is 0 Å². The van der Waals surface area contributed by atoms with Crippen LogP contribution in [-0.4, -0.2) is 11.9 Å². The number of halogens is 1. The lowest BCUT2D eigenvalue weighted by atomic mass is 9.95. The van der Waals surface area contributed by atoms with Crippen LogP contribution in [0.1, 0.15) is 36.0 Å². The monoisotopic (exact) mass is 308 g/mol. The predicted octanol–water partition coefficient (Wildman–Crippen LogP) is 2.95. The van der Waals surface area contributed by atoms with E-state index in [1.54, 1.807) is 18.2 Å². The molecule has 96 valence electrons. The quantitative estimate of drug-likeness (QED) is 0.825. The van der Waals surface area contributed by atoms with E-state index in [1.807, 2.05) is 0 Å². The minimum absolute atomic E-state index is 0.0215. The zero-order chi connectivity index (χ0) is 12.7. The van der Waals surface area contributed by atoms with E-state index < -0.39 is 0 Å². The summed E-state index contributed by atoms with van der Waals surface area (Å²) in [5.74, 6) is 1.57. The van der Waals surface area contributed by atoms with Gasteiger partial charge in [-0.2, -0.15) is 0 Å². The van der Waals surface area contributed by atoms with Crippen molar-refractivity contribution in [1.29, 1.82) is 0 Å². The van der Waals surface area contributed by atoms with Crippen molar-refractivity contribution in [1.82, 2.24) is 5.32 Å². The summed E-state index contributed by atoms with van der Waals surface area (Å²) >= 11 is 3.35. The van der Waals surface area contributed by atoms with E-state index in [0.29, 0.717) is 23.2 Å². The number of benzene rings is 1. The Bertz CT molecular complexity index is 489. The molecule has 1 aromatic rings. The Hall–Kier alpha value is -1.03. The molecule has 0 heterocycles. The third-order valence-corrected chi connectivity index (χ3v) is 5.00. The molecule has 0 saturated heterocycles. The van der Waals surface area contributed by atoms with E-state index in [2.05, 4.69) is 21.2 Å². The number of carbonyl (C=O) groups excluding carboxylic acids is 1. The fourth-order valence-electron chi connectivity index (χ4n) is 3.34. The van der Waals surface area contributed by atoms with Crippen molar-refractivity contribution in [2.24, 2.45) is 11.8 Å². The van der Waals surface area contributed by atoms with Gasteiger partial charge in [-0.1, -0.05) is 6.42 Å². The second-order valence-corrected chi connectivity index (χ2v) is 6.35. The Morgan fingerprint density at radius 2 is 2.17 bits per heavy atom. The Kier molecular flexibility index (Phi) is 3.06. The van der Waals surface area contributed by atoms with Crippen LogP contribution >= 0.6 is 15.9 Å². The lowest BCUT2D eigenvalue weighted by Crippen LogP contribution is -2.38. The molecule has 3 unspecified atom stereocenters. The van der Waals surface area contributed by atoms with Gasteiger partial charge in [0.1, 0.15) is 0 Å². The first-order valence-corrected chi connectivity index (χ1v) is 7.28. The number of hydrogen-bond donors (Lipinski definition) is 2. The van der Waals surface area contributed by atoms with Gasteiger partial charge in [-0.3, -0.25) is 4.79 Å². The van der Waals surface area contributed by atoms with Crippen LogP contribution in [0, 0.1) is 11.8 Å². The molecule has 2 saturated carbocycles. The second-order valence-electron chi connectivity index (χ2n) is 5.49. The van der Waals surface area contributed by atoms with Gasteiger partial charge in [0.15, 0.2) is 0 Å². The molecule has 2 bridgehead atoms. The topological polar surface area (TPSA) is 55.1 Å². The molecule has 2 aliphatic rings. The van der Waals surface area contributed by atoms with Crippen molar-refractivity contribution in [3.63, 3.8) is 0 Å². The maximum Gasteiger partial charge on any atom is 0.251 e. The summed E-state index contributed by atoms with van der Waals surface area (Å²) < 4.78 is 0.781. The molecule has 0 aliphatic heterocycles. The van der Waals surface area contributed by atoms with Crippen LogP contribution in [0.25, 0.3) is 0 Å². The number of hydrogen-bond acceptors (Lipinski definition) is 2. The molecule has 3 rings (SSSR count). The first-order valence-electron chi connectivity index (χ1n) is 6.49. The van der Waals surface area contributed by atoms with Crippen molar-refractivity contribution < 1.29 is 4.79 Å². The maximum atomic E-state index is 12.2. The average molecular weight is 309 g/mol. The van der Waals surface area contributed by atoms with Gasteiger partial charge in [-0.15, -0.1) is 0 Å². The fraction of sp³-hybridized carbons (Fsp3) is 0.500. The normalized spacial score (nSPS) is 29.5. The highest BCUT2D eigenvalue weighted by Crippen LogP contribution is 2.44. The first kappa shape index (κ1) is 12.0. The summed E-state index contributed by atoms with van der Waals surface area (Å²) in [6.45, 7) is 0. The zero-order valence-electron chi connectivity index (χ0n) is 10.2. The number of amides is 1. The molecule has 3 nitrogen and oxygen atoms in total. The van der Waals surface area contributed by atoms with Crippen LogP contribution in [0.2, 0.25) is 0 Å². The van der Waals surface area contributed by atoms with E-state index in [9.17, 15) is 4.79 Å². The van der Waals surface area contributed by atoms with Gasteiger partial charge >= 0.3 is 0 Å². The van der Waals surface area contributed by atoms with Crippen LogP contribution in [-0.2, 0) is 0 Å². The van der Waals surface area contributed by atoms with Gasteiger partial charge in [0, 0.05) is 21.8 Å². The van der Waals surface area contributed by atoms with Crippen molar-refractivity contribution in [3.05, 3.63) is 28.2 Å². The van der Waals surface area contributed by atoms with Crippen LogP contribution in [0.3, 0.4) is 0 Å². The van der Waals surface area contributed by atoms with Gasteiger partial charge < -0.3 is 11.1 Å². The third-order valence-electron chi connectivity index (χ3n) is 4.32. The highest BCUT2D eigenvalue weighted by Gasteiger charge is 2.40. The molecule has 3 atom stereocenters. The fourth-order valence-corrected chi connectivity index (χ4v) is 3.72. The molecule has 18 heavy (non-hydrogen) atoms. The zero-order valence-corrected chi connectivity index (χ0v) is 11.7. The number of fused-ring (bicyclic) bond motifs is 2. The number of nitrogens with two attached hydrogens (primary N) is 1. The van der Waals surface area contributed by atoms with Crippen molar-refractivity contribution in [2.75, 3.05) is 5.73 Å². The molecule has 3 N–H and O–H groups in total. The van der Waals surface area contributed by atoms with Gasteiger partial charge in [0.05, 0.1) is 0 Å². The molecule has 2 fully saturated rings. The van der Waals surface area contributed by atoms with E-state index in [4.69, 9.17) is 5.73 Å². The number of rotatable bonds is 2. The Labute approximate surface area is 115 Å². The Balaban J connectivity index is 1.69. The van der Waals surface area contributed by atoms with Gasteiger partial charge in [0.2, 0.25) is 0 Å². The summed E-state index contributed by atoms with van der Waals surface area (Å²) in [6, 6.07) is 5.72. The number of nitrogens with one attached hydrogen (secondary N) is 1. The minimum Gasteiger partial charge on any atom is -0.398 e. The van der Waals surface area contributed by atoms with Crippen LogP contribution in [0.5, 0.6) is 0 Å². The molecule has 2 aliphatic carbocycles. The smallest absolute Gasteiger partial charge is 0.251 e. The highest BCUT2D eigenvalue weighted by atomic mass is 79.9. The number of nitrogen functional groups attached to an aromatic ring is 1. The third kappa shape index (κ3) is 2.14. The van der Waals surface area contributed by atoms with E-state index in [-0.39, 0.29) is 5.91 Å². The standard InChI is InChI=1S/C14H17BrN2O/c15-11-7-10(3-4-12(11)16)14(18)17-13-6-8-1-2-9(13)5-8/h3-4,7-9,13H,1-2,5-6,16H2,(H,17,18). The van der Waals surface area contributed by atoms with Crippen molar-refractivity contribution in [3.8, 4) is 0 Å². The van der Waals surface area contributed by atoms with Crippen molar-refractivity contribution in [2.45, 2.75) is 31.7 Å². The molecule has 1 aromatic carbocycles. The molecule has 1 amide bonds. The van der Waals surface area contributed by atoms with Crippen LogP contribution < -0.4 is 11.1 Å². The Morgan fingerprint density at radius 3 is 2.78 bits per heavy atom.